The molecule has 0 fully saturated rings. The largest absolute Gasteiger partial charge is 0.496 e. The van der Waals surface area contributed by atoms with Crippen LogP contribution in [0.25, 0.3) is 0 Å². The van der Waals surface area contributed by atoms with Gasteiger partial charge in [-0.3, -0.25) is 0 Å². The summed E-state index contributed by atoms with van der Waals surface area (Å²) in [4.78, 5) is 11.1. The predicted molar refractivity (Wildman–Crippen MR) is 65.2 cm³/mol. The lowest BCUT2D eigenvalue weighted by Crippen LogP contribution is -2.03. The topological polar surface area (TPSA) is 46.5 Å². The number of rotatable bonds is 3. The molecule has 0 aliphatic rings. The van der Waals surface area contributed by atoms with E-state index in [0.29, 0.717) is 17.7 Å². The minimum atomic E-state index is -1.03. The van der Waals surface area contributed by atoms with Crippen LogP contribution in [0.2, 0.25) is 0 Å². The molecule has 0 aliphatic carbocycles. The van der Waals surface area contributed by atoms with E-state index in [1.54, 1.807) is 18.2 Å². The molecule has 1 rings (SSSR count). The van der Waals surface area contributed by atoms with Gasteiger partial charge in [-0.2, -0.15) is 0 Å². The van der Waals surface area contributed by atoms with Crippen LogP contribution >= 0.6 is 15.9 Å². The second-order valence-electron chi connectivity index (χ2n) is 2.93. The van der Waals surface area contributed by atoms with Crippen LogP contribution in [0.1, 0.15) is 22.3 Å². The van der Waals surface area contributed by atoms with E-state index in [1.807, 2.05) is 0 Å². The first-order chi connectivity index (χ1) is 7.70. The van der Waals surface area contributed by atoms with Gasteiger partial charge in [-0.05, 0) is 12.1 Å². The summed E-state index contributed by atoms with van der Waals surface area (Å²) in [6.45, 7) is 0. The van der Waals surface area contributed by atoms with E-state index in [4.69, 9.17) is 9.84 Å². The summed E-state index contributed by atoms with van der Waals surface area (Å²) < 4.78 is 5.00. The summed E-state index contributed by atoms with van der Waals surface area (Å²) in [6, 6.07) is 5.01. The van der Waals surface area contributed by atoms with E-state index >= 15 is 0 Å². The van der Waals surface area contributed by atoms with Crippen molar-refractivity contribution in [3.05, 3.63) is 29.3 Å². The standard InChI is InChI=1S/C12H11BrO3/c1-16-10-7-4-6-9(5-2-3-8-13)11(10)12(14)15/h4,6-7H,3,8H2,1H3,(H,14,15). The number of carboxylic acids is 1. The molecule has 0 atom stereocenters. The number of aromatic carboxylic acids is 1. The van der Waals surface area contributed by atoms with Crippen LogP contribution in [0, 0.1) is 11.8 Å². The van der Waals surface area contributed by atoms with Crippen LogP contribution < -0.4 is 4.74 Å². The molecule has 0 aromatic heterocycles. The molecule has 0 aliphatic heterocycles. The second-order valence-corrected chi connectivity index (χ2v) is 3.72. The summed E-state index contributed by atoms with van der Waals surface area (Å²) in [5.41, 5.74) is 0.597. The van der Waals surface area contributed by atoms with Crippen molar-refractivity contribution >= 4 is 21.9 Å². The zero-order valence-corrected chi connectivity index (χ0v) is 10.4. The molecule has 0 spiro atoms. The first kappa shape index (κ1) is 12.6. The van der Waals surface area contributed by atoms with Crippen molar-refractivity contribution in [1.82, 2.24) is 0 Å². The van der Waals surface area contributed by atoms with Gasteiger partial charge in [0.05, 0.1) is 7.11 Å². The van der Waals surface area contributed by atoms with Gasteiger partial charge in [-0.1, -0.05) is 33.8 Å². The number of ether oxygens (including phenoxy) is 1. The Kier molecular flexibility index (Phi) is 4.87. The van der Waals surface area contributed by atoms with Crippen molar-refractivity contribution in [3.8, 4) is 17.6 Å². The first-order valence-corrected chi connectivity index (χ1v) is 5.78. The molecule has 16 heavy (non-hydrogen) atoms. The Bertz CT molecular complexity index is 443. The van der Waals surface area contributed by atoms with Gasteiger partial charge in [0.15, 0.2) is 0 Å². The molecular formula is C12H11BrO3. The van der Waals surface area contributed by atoms with E-state index < -0.39 is 5.97 Å². The van der Waals surface area contributed by atoms with E-state index in [-0.39, 0.29) is 5.56 Å². The molecule has 4 heteroatoms. The molecule has 0 bridgehead atoms. The molecule has 0 saturated carbocycles. The number of halogens is 1. The van der Waals surface area contributed by atoms with Gasteiger partial charge in [-0.25, -0.2) is 4.79 Å². The lowest BCUT2D eigenvalue weighted by atomic mass is 10.1. The first-order valence-electron chi connectivity index (χ1n) is 4.65. The molecule has 1 aromatic carbocycles. The zero-order chi connectivity index (χ0) is 12.0. The van der Waals surface area contributed by atoms with E-state index in [9.17, 15) is 4.79 Å². The molecule has 0 saturated heterocycles. The summed E-state index contributed by atoms with van der Waals surface area (Å²) in [6.07, 6.45) is 0.677. The van der Waals surface area contributed by atoms with E-state index in [0.717, 1.165) is 5.33 Å². The van der Waals surface area contributed by atoms with Crippen molar-refractivity contribution in [2.75, 3.05) is 12.4 Å². The Labute approximate surface area is 103 Å². The van der Waals surface area contributed by atoms with Crippen molar-refractivity contribution in [1.29, 1.82) is 0 Å². The minimum Gasteiger partial charge on any atom is -0.496 e. The smallest absolute Gasteiger partial charge is 0.340 e. The summed E-state index contributed by atoms with van der Waals surface area (Å²) in [5, 5.41) is 9.85. The molecule has 0 heterocycles. The Balaban J connectivity index is 3.19. The third kappa shape index (κ3) is 3.01. The Morgan fingerprint density at radius 1 is 1.56 bits per heavy atom. The average Bonchev–Trinajstić information content (AvgIpc) is 2.28. The predicted octanol–water partition coefficient (Wildman–Crippen LogP) is 2.53. The highest BCUT2D eigenvalue weighted by molar-refractivity contribution is 9.09. The molecule has 1 aromatic rings. The van der Waals surface area contributed by atoms with Crippen LogP contribution in [0.4, 0.5) is 0 Å². The van der Waals surface area contributed by atoms with Crippen LogP contribution in [0.5, 0.6) is 5.75 Å². The number of hydrogen-bond acceptors (Lipinski definition) is 2. The third-order valence-corrected chi connectivity index (χ3v) is 2.30. The number of benzene rings is 1. The van der Waals surface area contributed by atoms with Gasteiger partial charge >= 0.3 is 5.97 Å². The molecule has 84 valence electrons. The van der Waals surface area contributed by atoms with Gasteiger partial charge in [0.25, 0.3) is 0 Å². The number of carbonyl (C=O) groups is 1. The minimum absolute atomic E-state index is 0.118. The Morgan fingerprint density at radius 3 is 2.88 bits per heavy atom. The highest BCUT2D eigenvalue weighted by Gasteiger charge is 2.14. The van der Waals surface area contributed by atoms with Crippen LogP contribution in [-0.4, -0.2) is 23.5 Å². The zero-order valence-electron chi connectivity index (χ0n) is 8.79. The van der Waals surface area contributed by atoms with Crippen molar-refractivity contribution in [3.63, 3.8) is 0 Å². The van der Waals surface area contributed by atoms with Crippen molar-refractivity contribution in [2.24, 2.45) is 0 Å². The van der Waals surface area contributed by atoms with E-state index in [2.05, 4.69) is 27.8 Å². The van der Waals surface area contributed by atoms with Crippen LogP contribution in [0.3, 0.4) is 0 Å². The van der Waals surface area contributed by atoms with Crippen molar-refractivity contribution in [2.45, 2.75) is 6.42 Å². The molecule has 1 N–H and O–H groups in total. The maximum atomic E-state index is 11.1. The quantitative estimate of drug-likeness (QED) is 0.685. The monoisotopic (exact) mass is 282 g/mol. The van der Waals surface area contributed by atoms with Gasteiger partial charge < -0.3 is 9.84 Å². The van der Waals surface area contributed by atoms with Crippen molar-refractivity contribution < 1.29 is 14.6 Å². The molecule has 0 unspecified atom stereocenters. The van der Waals surface area contributed by atoms with Crippen LogP contribution in [-0.2, 0) is 0 Å². The Hall–Kier alpha value is -1.47. The summed E-state index contributed by atoms with van der Waals surface area (Å²) >= 11 is 3.26. The normalized spacial score (nSPS) is 9.12. The highest BCUT2D eigenvalue weighted by atomic mass is 79.9. The molecule has 3 nitrogen and oxygen atoms in total. The lowest BCUT2D eigenvalue weighted by Gasteiger charge is -2.05. The lowest BCUT2D eigenvalue weighted by molar-refractivity contribution is 0.0693. The molecule has 0 amide bonds. The van der Waals surface area contributed by atoms with Crippen LogP contribution in [0.15, 0.2) is 18.2 Å². The highest BCUT2D eigenvalue weighted by Crippen LogP contribution is 2.21. The second kappa shape index (κ2) is 6.19. The molecule has 0 radical (unpaired) electrons. The number of alkyl halides is 1. The van der Waals surface area contributed by atoms with E-state index in [1.165, 1.54) is 7.11 Å². The SMILES string of the molecule is COc1cccc(C#CCCBr)c1C(=O)O. The summed E-state index contributed by atoms with van der Waals surface area (Å²) in [7, 11) is 1.44. The fourth-order valence-corrected chi connectivity index (χ4v) is 1.43. The van der Waals surface area contributed by atoms with Gasteiger partial charge in [0.1, 0.15) is 11.3 Å². The maximum Gasteiger partial charge on any atom is 0.340 e. The number of carboxylic acid groups (broad SMARTS) is 1. The fraction of sp³-hybridized carbons (Fsp3) is 0.250. The number of hydrogen-bond donors (Lipinski definition) is 1. The maximum absolute atomic E-state index is 11.1. The number of methoxy groups -OCH3 is 1. The Morgan fingerprint density at radius 2 is 2.31 bits per heavy atom. The van der Waals surface area contributed by atoms with Gasteiger partial charge in [0.2, 0.25) is 0 Å². The molecular weight excluding hydrogens is 272 g/mol. The fourth-order valence-electron chi connectivity index (χ4n) is 1.23. The average molecular weight is 283 g/mol. The van der Waals surface area contributed by atoms with Gasteiger partial charge in [0, 0.05) is 17.3 Å². The van der Waals surface area contributed by atoms with Gasteiger partial charge in [-0.15, -0.1) is 0 Å². The summed E-state index contributed by atoms with van der Waals surface area (Å²) in [5.74, 6) is 5.02. The third-order valence-electron chi connectivity index (χ3n) is 1.90.